The molecular formula is C20H22O3. The highest BCUT2D eigenvalue weighted by molar-refractivity contribution is 5.83. The predicted molar refractivity (Wildman–Crippen MR) is 89.9 cm³/mol. The van der Waals surface area contributed by atoms with Crippen molar-refractivity contribution in [1.82, 2.24) is 0 Å². The summed E-state index contributed by atoms with van der Waals surface area (Å²) in [7, 11) is 0. The second-order valence-electron chi connectivity index (χ2n) is 6.45. The van der Waals surface area contributed by atoms with E-state index in [2.05, 4.69) is 0 Å². The SMILES string of the molecule is Cc1cc(C2(C(=O)O)CCC2)cc(C)c1OCc1ccccc1. The van der Waals surface area contributed by atoms with Gasteiger partial charge in [0.05, 0.1) is 5.41 Å². The average molecular weight is 310 g/mol. The van der Waals surface area contributed by atoms with Gasteiger partial charge in [0.1, 0.15) is 12.4 Å². The van der Waals surface area contributed by atoms with E-state index in [1.807, 2.05) is 56.3 Å². The maximum absolute atomic E-state index is 11.7. The first-order valence-electron chi connectivity index (χ1n) is 8.05. The number of ether oxygens (including phenoxy) is 1. The van der Waals surface area contributed by atoms with E-state index in [4.69, 9.17) is 4.74 Å². The molecule has 0 unspecified atom stereocenters. The van der Waals surface area contributed by atoms with Gasteiger partial charge in [-0.15, -0.1) is 0 Å². The Balaban J connectivity index is 1.85. The summed E-state index contributed by atoms with van der Waals surface area (Å²) in [5.74, 6) is 0.151. The molecule has 1 aliphatic carbocycles. The fourth-order valence-electron chi connectivity index (χ4n) is 3.34. The van der Waals surface area contributed by atoms with Gasteiger partial charge in [0, 0.05) is 0 Å². The van der Waals surface area contributed by atoms with Gasteiger partial charge in [0.25, 0.3) is 0 Å². The smallest absolute Gasteiger partial charge is 0.314 e. The molecule has 0 aromatic heterocycles. The molecule has 0 saturated heterocycles. The molecule has 0 aliphatic heterocycles. The van der Waals surface area contributed by atoms with E-state index >= 15 is 0 Å². The Bertz CT molecular complexity index is 692. The molecule has 3 rings (SSSR count). The van der Waals surface area contributed by atoms with Gasteiger partial charge in [-0.3, -0.25) is 4.79 Å². The van der Waals surface area contributed by atoms with Gasteiger partial charge >= 0.3 is 5.97 Å². The van der Waals surface area contributed by atoms with Gasteiger partial charge in [0.2, 0.25) is 0 Å². The van der Waals surface area contributed by atoms with Gasteiger partial charge < -0.3 is 9.84 Å². The molecule has 0 radical (unpaired) electrons. The van der Waals surface area contributed by atoms with Crippen molar-refractivity contribution in [2.75, 3.05) is 0 Å². The van der Waals surface area contributed by atoms with Gasteiger partial charge in [-0.2, -0.15) is 0 Å². The molecule has 3 nitrogen and oxygen atoms in total. The van der Waals surface area contributed by atoms with Crippen LogP contribution >= 0.6 is 0 Å². The lowest BCUT2D eigenvalue weighted by Crippen LogP contribution is -2.42. The van der Waals surface area contributed by atoms with Crippen LogP contribution < -0.4 is 4.74 Å². The van der Waals surface area contributed by atoms with Crippen molar-refractivity contribution in [1.29, 1.82) is 0 Å². The molecule has 0 atom stereocenters. The summed E-state index contributed by atoms with van der Waals surface area (Å²) in [4.78, 5) is 11.7. The summed E-state index contributed by atoms with van der Waals surface area (Å²) >= 11 is 0. The second-order valence-corrected chi connectivity index (χ2v) is 6.45. The summed E-state index contributed by atoms with van der Waals surface area (Å²) in [6, 6.07) is 14.0. The molecule has 2 aromatic rings. The molecule has 0 bridgehead atoms. The number of hydrogen-bond donors (Lipinski definition) is 1. The second kappa shape index (κ2) is 6.07. The molecule has 0 spiro atoms. The van der Waals surface area contributed by atoms with Crippen molar-refractivity contribution >= 4 is 5.97 Å². The Labute approximate surface area is 136 Å². The zero-order valence-electron chi connectivity index (χ0n) is 13.6. The van der Waals surface area contributed by atoms with E-state index in [0.717, 1.165) is 47.3 Å². The Morgan fingerprint density at radius 1 is 1.13 bits per heavy atom. The topological polar surface area (TPSA) is 46.5 Å². The molecule has 0 amide bonds. The van der Waals surface area contributed by atoms with Gasteiger partial charge in [-0.25, -0.2) is 0 Å². The summed E-state index contributed by atoms with van der Waals surface area (Å²) in [5.41, 5.74) is 3.36. The van der Waals surface area contributed by atoms with E-state index in [1.165, 1.54) is 0 Å². The number of hydrogen-bond acceptors (Lipinski definition) is 2. The van der Waals surface area contributed by atoms with Crippen molar-refractivity contribution in [2.45, 2.75) is 45.1 Å². The Kier molecular flexibility index (Phi) is 4.12. The van der Waals surface area contributed by atoms with Crippen LogP contribution in [0, 0.1) is 13.8 Å². The number of aliphatic carboxylic acids is 1. The number of carboxylic acid groups (broad SMARTS) is 1. The van der Waals surface area contributed by atoms with Gasteiger partial charge in [-0.05, 0) is 48.9 Å². The summed E-state index contributed by atoms with van der Waals surface area (Å²) in [5, 5.41) is 9.61. The van der Waals surface area contributed by atoms with Crippen LogP contribution in [-0.2, 0) is 16.8 Å². The fourth-order valence-corrected chi connectivity index (χ4v) is 3.34. The molecule has 2 aromatic carbocycles. The molecule has 120 valence electrons. The van der Waals surface area contributed by atoms with Crippen LogP contribution in [0.1, 0.15) is 41.5 Å². The van der Waals surface area contributed by atoms with E-state index < -0.39 is 11.4 Å². The molecule has 1 aliphatic rings. The van der Waals surface area contributed by atoms with E-state index in [9.17, 15) is 9.90 Å². The quantitative estimate of drug-likeness (QED) is 0.891. The minimum Gasteiger partial charge on any atom is -0.488 e. The molecule has 3 heteroatoms. The third-order valence-corrected chi connectivity index (χ3v) is 4.86. The highest BCUT2D eigenvalue weighted by Crippen LogP contribution is 2.45. The summed E-state index contributed by atoms with van der Waals surface area (Å²) < 4.78 is 5.99. The monoisotopic (exact) mass is 310 g/mol. The molecule has 1 N–H and O–H groups in total. The van der Waals surface area contributed by atoms with Crippen molar-refractivity contribution in [2.24, 2.45) is 0 Å². The Morgan fingerprint density at radius 3 is 2.22 bits per heavy atom. The summed E-state index contributed by atoms with van der Waals surface area (Å²) in [6.45, 7) is 4.50. The Morgan fingerprint density at radius 2 is 1.74 bits per heavy atom. The number of carboxylic acids is 1. The van der Waals surface area contributed by atoms with E-state index in [0.29, 0.717) is 6.61 Å². The van der Waals surface area contributed by atoms with Crippen molar-refractivity contribution in [3.8, 4) is 5.75 Å². The third kappa shape index (κ3) is 2.83. The third-order valence-electron chi connectivity index (χ3n) is 4.86. The van der Waals surface area contributed by atoms with E-state index in [-0.39, 0.29) is 0 Å². The minimum atomic E-state index is -0.708. The zero-order valence-corrected chi connectivity index (χ0v) is 13.6. The van der Waals surface area contributed by atoms with Crippen LogP contribution in [0.2, 0.25) is 0 Å². The highest BCUT2D eigenvalue weighted by atomic mass is 16.5. The first kappa shape index (κ1) is 15.6. The van der Waals surface area contributed by atoms with Crippen LogP contribution in [0.5, 0.6) is 5.75 Å². The first-order chi connectivity index (χ1) is 11.0. The zero-order chi connectivity index (χ0) is 16.4. The lowest BCUT2D eigenvalue weighted by molar-refractivity contribution is -0.147. The van der Waals surface area contributed by atoms with Crippen LogP contribution in [0.4, 0.5) is 0 Å². The van der Waals surface area contributed by atoms with Crippen LogP contribution in [-0.4, -0.2) is 11.1 Å². The van der Waals surface area contributed by atoms with Crippen LogP contribution in [0.15, 0.2) is 42.5 Å². The summed E-state index contributed by atoms with van der Waals surface area (Å²) in [6.07, 6.45) is 2.44. The van der Waals surface area contributed by atoms with Gasteiger partial charge in [0.15, 0.2) is 0 Å². The standard InChI is InChI=1S/C20H22O3/c1-14-11-17(20(19(21)22)9-6-10-20)12-15(2)18(14)23-13-16-7-4-3-5-8-16/h3-5,7-8,11-12H,6,9-10,13H2,1-2H3,(H,21,22). The lowest BCUT2D eigenvalue weighted by atomic mass is 9.64. The van der Waals surface area contributed by atoms with Crippen molar-refractivity contribution in [3.05, 3.63) is 64.7 Å². The molecule has 0 heterocycles. The van der Waals surface area contributed by atoms with Gasteiger partial charge in [-0.1, -0.05) is 48.9 Å². The average Bonchev–Trinajstić information content (AvgIpc) is 2.46. The predicted octanol–water partition coefficient (Wildman–Crippen LogP) is 4.39. The Hall–Kier alpha value is -2.29. The van der Waals surface area contributed by atoms with Crippen molar-refractivity contribution < 1.29 is 14.6 Å². The van der Waals surface area contributed by atoms with Crippen LogP contribution in [0.3, 0.4) is 0 Å². The highest BCUT2D eigenvalue weighted by Gasteiger charge is 2.46. The first-order valence-corrected chi connectivity index (χ1v) is 8.05. The number of aryl methyl sites for hydroxylation is 2. The molecule has 1 saturated carbocycles. The maximum atomic E-state index is 11.7. The maximum Gasteiger partial charge on any atom is 0.314 e. The van der Waals surface area contributed by atoms with Crippen molar-refractivity contribution in [3.63, 3.8) is 0 Å². The fraction of sp³-hybridized carbons (Fsp3) is 0.350. The largest absolute Gasteiger partial charge is 0.488 e. The normalized spacial score (nSPS) is 15.7. The molecular weight excluding hydrogens is 288 g/mol. The van der Waals surface area contributed by atoms with Crippen LogP contribution in [0.25, 0.3) is 0 Å². The minimum absolute atomic E-state index is 0.520. The number of benzene rings is 2. The lowest BCUT2D eigenvalue weighted by Gasteiger charge is -2.38. The number of carbonyl (C=O) groups is 1. The molecule has 1 fully saturated rings. The molecule has 23 heavy (non-hydrogen) atoms. The van der Waals surface area contributed by atoms with E-state index in [1.54, 1.807) is 0 Å². The number of rotatable bonds is 5.